The van der Waals surface area contributed by atoms with Gasteiger partial charge in [-0.05, 0) is 34.7 Å². The van der Waals surface area contributed by atoms with Crippen LogP contribution in [0.1, 0.15) is 0 Å². The summed E-state index contributed by atoms with van der Waals surface area (Å²) in [6.07, 6.45) is 1.46. The zero-order chi connectivity index (χ0) is 8.27. The lowest BCUT2D eigenvalue weighted by molar-refractivity contribution is 0.565. The molecule has 1 aromatic carbocycles. The highest BCUT2D eigenvalue weighted by Crippen LogP contribution is 2.27. The number of nitrogens with zero attached hydrogens (tertiary/aromatic N) is 1. The van der Waals surface area contributed by atoms with Gasteiger partial charge < -0.3 is 0 Å². The summed E-state index contributed by atoms with van der Waals surface area (Å²) in [6, 6.07) is 5.19. The Kier molecular flexibility index (Phi) is 3.05. The molecular weight excluding hydrogens is 276 g/mol. The molecule has 0 amide bonds. The van der Waals surface area contributed by atoms with E-state index in [0.717, 1.165) is 3.57 Å². The van der Waals surface area contributed by atoms with Gasteiger partial charge in [-0.15, -0.1) is 0 Å². The Hall–Kier alpha value is -0.380. The molecule has 0 heterocycles. The highest BCUT2D eigenvalue weighted by atomic mass is 127. The Morgan fingerprint density at radius 2 is 2.27 bits per heavy atom. The first-order chi connectivity index (χ1) is 5.25. The van der Waals surface area contributed by atoms with Gasteiger partial charge in [0.15, 0.2) is 0 Å². The molecule has 0 saturated carbocycles. The van der Waals surface area contributed by atoms with Crippen LogP contribution in [0.25, 0.3) is 0 Å². The van der Waals surface area contributed by atoms with Crippen molar-refractivity contribution < 1.29 is 4.79 Å². The van der Waals surface area contributed by atoms with Gasteiger partial charge in [-0.2, -0.15) is 4.99 Å². The lowest BCUT2D eigenvalue weighted by atomic mass is 10.3. The Morgan fingerprint density at radius 3 is 2.91 bits per heavy atom. The molecule has 0 aliphatic carbocycles. The molecule has 1 rings (SSSR count). The SMILES string of the molecule is O=C=Nc1cccc(Cl)c1I. The molecule has 0 saturated heterocycles. The quantitative estimate of drug-likeness (QED) is 0.441. The summed E-state index contributed by atoms with van der Waals surface area (Å²) in [5.41, 5.74) is 0.563. The molecule has 2 nitrogen and oxygen atoms in total. The molecule has 0 aliphatic heterocycles. The Labute approximate surface area is 82.4 Å². The fraction of sp³-hybridized carbons (Fsp3) is 0. The maximum absolute atomic E-state index is 9.90. The molecule has 56 valence electrons. The Balaban J connectivity index is 3.26. The molecule has 4 heteroatoms. The predicted molar refractivity (Wildman–Crippen MR) is 52.0 cm³/mol. The minimum atomic E-state index is 0.563. The van der Waals surface area contributed by atoms with Gasteiger partial charge in [0.1, 0.15) is 0 Å². The van der Waals surface area contributed by atoms with Crippen molar-refractivity contribution in [2.24, 2.45) is 4.99 Å². The Morgan fingerprint density at radius 1 is 1.55 bits per heavy atom. The van der Waals surface area contributed by atoms with Crippen molar-refractivity contribution in [1.29, 1.82) is 0 Å². The monoisotopic (exact) mass is 279 g/mol. The molecule has 0 N–H and O–H groups in total. The molecule has 1 aromatic rings. The minimum absolute atomic E-state index is 0.563. The first-order valence-electron chi connectivity index (χ1n) is 2.77. The maximum atomic E-state index is 9.90. The second-order valence-electron chi connectivity index (χ2n) is 1.78. The molecule has 0 bridgehead atoms. The lowest BCUT2D eigenvalue weighted by Crippen LogP contribution is -1.73. The number of carbonyl (C=O) groups excluding carboxylic acids is 1. The summed E-state index contributed by atoms with van der Waals surface area (Å²) in [7, 11) is 0. The topological polar surface area (TPSA) is 29.4 Å². The molecule has 0 spiro atoms. The predicted octanol–water partition coefficient (Wildman–Crippen LogP) is 2.91. The van der Waals surface area contributed by atoms with Crippen LogP contribution in [0.2, 0.25) is 5.02 Å². The van der Waals surface area contributed by atoms with E-state index in [1.807, 2.05) is 22.6 Å². The maximum Gasteiger partial charge on any atom is 0.240 e. The average molecular weight is 279 g/mol. The van der Waals surface area contributed by atoms with Gasteiger partial charge in [0, 0.05) is 0 Å². The van der Waals surface area contributed by atoms with E-state index in [0.29, 0.717) is 10.7 Å². The third-order valence-corrected chi connectivity index (χ3v) is 2.86. The zero-order valence-electron chi connectivity index (χ0n) is 5.34. The number of halogens is 2. The van der Waals surface area contributed by atoms with Gasteiger partial charge in [0.05, 0.1) is 14.3 Å². The smallest absolute Gasteiger partial charge is 0.211 e. The van der Waals surface area contributed by atoms with Crippen LogP contribution in [0.4, 0.5) is 5.69 Å². The van der Waals surface area contributed by atoms with E-state index in [1.165, 1.54) is 6.08 Å². The van der Waals surface area contributed by atoms with E-state index in [2.05, 4.69) is 4.99 Å². The minimum Gasteiger partial charge on any atom is -0.211 e. The highest BCUT2D eigenvalue weighted by molar-refractivity contribution is 14.1. The normalized spacial score (nSPS) is 8.91. The number of isocyanates is 1. The van der Waals surface area contributed by atoms with Crippen molar-refractivity contribution in [3.8, 4) is 0 Å². The molecule has 0 radical (unpaired) electrons. The van der Waals surface area contributed by atoms with Crippen molar-refractivity contribution in [2.75, 3.05) is 0 Å². The standard InChI is InChI=1S/C7H3ClINO/c8-5-2-1-3-6(7(5)9)10-4-11/h1-3H. The van der Waals surface area contributed by atoms with E-state index in [1.54, 1.807) is 18.2 Å². The fourth-order valence-corrected chi connectivity index (χ4v) is 1.28. The van der Waals surface area contributed by atoms with Gasteiger partial charge in [0.2, 0.25) is 6.08 Å². The second kappa shape index (κ2) is 3.85. The van der Waals surface area contributed by atoms with Crippen LogP contribution in [0.3, 0.4) is 0 Å². The van der Waals surface area contributed by atoms with Crippen LogP contribution >= 0.6 is 34.2 Å². The molecule has 0 fully saturated rings. The van der Waals surface area contributed by atoms with Crippen molar-refractivity contribution in [2.45, 2.75) is 0 Å². The van der Waals surface area contributed by atoms with Gasteiger partial charge >= 0.3 is 0 Å². The number of rotatable bonds is 1. The first-order valence-corrected chi connectivity index (χ1v) is 4.23. The summed E-state index contributed by atoms with van der Waals surface area (Å²) < 4.78 is 0.773. The van der Waals surface area contributed by atoms with E-state index < -0.39 is 0 Å². The largest absolute Gasteiger partial charge is 0.240 e. The molecule has 0 aliphatic rings. The van der Waals surface area contributed by atoms with Gasteiger partial charge in [-0.1, -0.05) is 17.7 Å². The van der Waals surface area contributed by atoms with Gasteiger partial charge in [-0.3, -0.25) is 0 Å². The van der Waals surface area contributed by atoms with Crippen LogP contribution in [0.15, 0.2) is 23.2 Å². The zero-order valence-corrected chi connectivity index (χ0v) is 8.26. The Bertz CT molecular complexity index is 320. The summed E-state index contributed by atoms with van der Waals surface area (Å²) in [4.78, 5) is 13.4. The average Bonchev–Trinajstić information content (AvgIpc) is 1.99. The van der Waals surface area contributed by atoms with E-state index >= 15 is 0 Å². The van der Waals surface area contributed by atoms with Crippen molar-refractivity contribution in [3.05, 3.63) is 26.8 Å². The molecule has 0 atom stereocenters. The van der Waals surface area contributed by atoms with E-state index in [-0.39, 0.29) is 0 Å². The first kappa shape index (κ1) is 8.71. The van der Waals surface area contributed by atoms with Crippen molar-refractivity contribution >= 4 is 46.0 Å². The molecule has 11 heavy (non-hydrogen) atoms. The molecule has 0 unspecified atom stereocenters. The third kappa shape index (κ3) is 2.02. The van der Waals surface area contributed by atoms with Gasteiger partial charge in [-0.25, -0.2) is 4.79 Å². The summed E-state index contributed by atoms with van der Waals surface area (Å²) in [5.74, 6) is 0. The third-order valence-electron chi connectivity index (χ3n) is 1.10. The molecule has 0 aromatic heterocycles. The van der Waals surface area contributed by atoms with E-state index in [4.69, 9.17) is 11.6 Å². The van der Waals surface area contributed by atoms with Crippen LogP contribution in [0, 0.1) is 3.57 Å². The lowest BCUT2D eigenvalue weighted by Gasteiger charge is -1.96. The van der Waals surface area contributed by atoms with Gasteiger partial charge in [0.25, 0.3) is 0 Å². The van der Waals surface area contributed by atoms with Crippen molar-refractivity contribution in [3.63, 3.8) is 0 Å². The summed E-state index contributed by atoms with van der Waals surface area (Å²) in [5, 5.41) is 0.599. The van der Waals surface area contributed by atoms with Crippen LogP contribution in [-0.2, 0) is 4.79 Å². The molecular formula is C7H3ClINO. The number of hydrogen-bond acceptors (Lipinski definition) is 2. The van der Waals surface area contributed by atoms with Crippen LogP contribution in [-0.4, -0.2) is 6.08 Å². The highest BCUT2D eigenvalue weighted by Gasteiger charge is 2.00. The summed E-state index contributed by atoms with van der Waals surface area (Å²) >= 11 is 7.78. The second-order valence-corrected chi connectivity index (χ2v) is 3.26. The van der Waals surface area contributed by atoms with E-state index in [9.17, 15) is 4.79 Å². The number of hydrogen-bond donors (Lipinski definition) is 0. The van der Waals surface area contributed by atoms with Crippen LogP contribution < -0.4 is 0 Å². The number of aliphatic imine (C=N–C) groups is 1. The summed E-state index contributed by atoms with van der Waals surface area (Å²) in [6.45, 7) is 0. The van der Waals surface area contributed by atoms with Crippen molar-refractivity contribution in [1.82, 2.24) is 0 Å². The number of benzene rings is 1. The fourth-order valence-electron chi connectivity index (χ4n) is 0.628. The van der Waals surface area contributed by atoms with Crippen LogP contribution in [0.5, 0.6) is 0 Å².